The van der Waals surface area contributed by atoms with Crippen molar-refractivity contribution in [3.8, 4) is 0 Å². The second kappa shape index (κ2) is 10.0. The van der Waals surface area contributed by atoms with Gasteiger partial charge in [0.15, 0.2) is 5.13 Å². The highest BCUT2D eigenvalue weighted by atomic mass is 32.2. The molecule has 4 rings (SSSR count). The SMILES string of the molecule is C[C@@H]1CN(Cc2csc(NC(=O)c3ccc(NS(=O)(=O)c4ccccc4)cc3)n2)C[C@H](C)O1. The fraction of sp³-hybridized carbons (Fsp3) is 0.304. The second-order valence-electron chi connectivity index (χ2n) is 8.05. The number of rotatable bonds is 7. The number of thiazole rings is 1. The number of amides is 1. The van der Waals surface area contributed by atoms with Crippen molar-refractivity contribution >= 4 is 38.1 Å². The molecule has 174 valence electrons. The van der Waals surface area contributed by atoms with Crippen LogP contribution in [0.25, 0.3) is 0 Å². The van der Waals surface area contributed by atoms with Gasteiger partial charge >= 0.3 is 0 Å². The summed E-state index contributed by atoms with van der Waals surface area (Å²) in [5.74, 6) is -0.304. The van der Waals surface area contributed by atoms with E-state index in [1.54, 1.807) is 42.5 Å². The van der Waals surface area contributed by atoms with E-state index in [4.69, 9.17) is 4.74 Å². The third kappa shape index (κ3) is 6.17. The van der Waals surface area contributed by atoms with E-state index < -0.39 is 10.0 Å². The Bertz CT molecular complexity index is 1190. The molecule has 2 heterocycles. The zero-order valence-electron chi connectivity index (χ0n) is 18.4. The summed E-state index contributed by atoms with van der Waals surface area (Å²) >= 11 is 1.38. The first-order valence-corrected chi connectivity index (χ1v) is 13.0. The first-order valence-electron chi connectivity index (χ1n) is 10.6. The smallest absolute Gasteiger partial charge is 0.261 e. The number of sulfonamides is 1. The summed E-state index contributed by atoms with van der Waals surface area (Å²) < 4.78 is 33.1. The summed E-state index contributed by atoms with van der Waals surface area (Å²) in [6, 6.07) is 14.4. The zero-order chi connectivity index (χ0) is 23.4. The Morgan fingerprint density at radius 2 is 1.76 bits per heavy atom. The number of carbonyl (C=O) groups excluding carboxylic acids is 1. The van der Waals surface area contributed by atoms with Gasteiger partial charge in [-0.15, -0.1) is 11.3 Å². The van der Waals surface area contributed by atoms with Gasteiger partial charge in [0.1, 0.15) is 0 Å². The highest BCUT2D eigenvalue weighted by Crippen LogP contribution is 2.21. The molecule has 1 fully saturated rings. The van der Waals surface area contributed by atoms with Crippen molar-refractivity contribution in [1.29, 1.82) is 0 Å². The molecule has 10 heteroatoms. The summed E-state index contributed by atoms with van der Waals surface area (Å²) in [4.78, 5) is 19.6. The van der Waals surface area contributed by atoms with Gasteiger partial charge in [-0.3, -0.25) is 19.7 Å². The molecule has 8 nitrogen and oxygen atoms in total. The van der Waals surface area contributed by atoms with Crippen LogP contribution >= 0.6 is 11.3 Å². The molecule has 1 amide bonds. The zero-order valence-corrected chi connectivity index (χ0v) is 20.0. The summed E-state index contributed by atoms with van der Waals surface area (Å²) in [6.45, 7) is 6.54. The van der Waals surface area contributed by atoms with Crippen LogP contribution in [0.4, 0.5) is 10.8 Å². The molecular weight excluding hydrogens is 460 g/mol. The molecular formula is C23H26N4O4S2. The molecule has 1 aromatic heterocycles. The maximum absolute atomic E-state index is 12.6. The summed E-state index contributed by atoms with van der Waals surface area (Å²) in [7, 11) is -3.68. The van der Waals surface area contributed by atoms with Crippen LogP contribution < -0.4 is 10.0 Å². The Morgan fingerprint density at radius 3 is 2.42 bits per heavy atom. The molecule has 2 aromatic carbocycles. The Labute approximate surface area is 197 Å². The minimum atomic E-state index is -3.68. The maximum Gasteiger partial charge on any atom is 0.261 e. The van der Waals surface area contributed by atoms with Crippen LogP contribution in [0.3, 0.4) is 0 Å². The van der Waals surface area contributed by atoms with E-state index >= 15 is 0 Å². The predicted molar refractivity (Wildman–Crippen MR) is 129 cm³/mol. The molecule has 33 heavy (non-hydrogen) atoms. The molecule has 2 atom stereocenters. The molecule has 0 spiro atoms. The highest BCUT2D eigenvalue weighted by Gasteiger charge is 2.23. The predicted octanol–water partition coefficient (Wildman–Crippen LogP) is 3.81. The summed E-state index contributed by atoms with van der Waals surface area (Å²) in [5.41, 5.74) is 1.69. The average molecular weight is 487 g/mol. The van der Waals surface area contributed by atoms with Gasteiger partial charge in [-0.25, -0.2) is 13.4 Å². The fourth-order valence-electron chi connectivity index (χ4n) is 3.75. The van der Waals surface area contributed by atoms with Gasteiger partial charge in [0.25, 0.3) is 15.9 Å². The number of hydrogen-bond acceptors (Lipinski definition) is 7. The lowest BCUT2D eigenvalue weighted by molar-refractivity contribution is -0.0707. The van der Waals surface area contributed by atoms with Gasteiger partial charge < -0.3 is 4.74 Å². The van der Waals surface area contributed by atoms with Gasteiger partial charge in [-0.05, 0) is 50.2 Å². The van der Waals surface area contributed by atoms with Crippen LogP contribution in [0.2, 0.25) is 0 Å². The summed E-state index contributed by atoms with van der Waals surface area (Å²) in [5, 5.41) is 5.29. The second-order valence-corrected chi connectivity index (χ2v) is 10.6. The first kappa shape index (κ1) is 23.4. The van der Waals surface area contributed by atoms with E-state index in [1.807, 2.05) is 5.38 Å². The quantitative estimate of drug-likeness (QED) is 0.527. The van der Waals surface area contributed by atoms with Crippen molar-refractivity contribution in [2.45, 2.75) is 37.5 Å². The van der Waals surface area contributed by atoms with Gasteiger partial charge in [0.2, 0.25) is 0 Å². The number of hydrogen-bond donors (Lipinski definition) is 2. The van der Waals surface area contributed by atoms with Crippen molar-refractivity contribution in [3.63, 3.8) is 0 Å². The van der Waals surface area contributed by atoms with Crippen molar-refractivity contribution in [2.24, 2.45) is 0 Å². The molecule has 1 aliphatic rings. The average Bonchev–Trinajstić information content (AvgIpc) is 3.20. The standard InChI is InChI=1S/C23H26N4O4S2/c1-16-12-27(13-17(2)31-16)14-20-15-32-23(24-20)25-22(28)18-8-10-19(11-9-18)26-33(29,30)21-6-4-3-5-7-21/h3-11,15-17,26H,12-14H2,1-2H3,(H,24,25,28)/t16-,17+. The van der Waals surface area contributed by atoms with Gasteiger partial charge in [0.05, 0.1) is 22.8 Å². The van der Waals surface area contributed by atoms with E-state index in [0.29, 0.717) is 22.9 Å². The Balaban J connectivity index is 1.35. The molecule has 0 saturated carbocycles. The number of anilines is 2. The number of ether oxygens (including phenoxy) is 1. The monoisotopic (exact) mass is 486 g/mol. The third-order valence-electron chi connectivity index (χ3n) is 5.11. The van der Waals surface area contributed by atoms with Crippen LogP contribution in [0.1, 0.15) is 29.9 Å². The van der Waals surface area contributed by atoms with E-state index in [2.05, 4.69) is 33.8 Å². The Hall–Kier alpha value is -2.79. The van der Waals surface area contributed by atoms with Gasteiger partial charge in [-0.2, -0.15) is 0 Å². The minimum absolute atomic E-state index is 0.174. The maximum atomic E-state index is 12.6. The van der Waals surface area contributed by atoms with Crippen molar-refractivity contribution in [1.82, 2.24) is 9.88 Å². The van der Waals surface area contributed by atoms with Crippen LogP contribution in [0.5, 0.6) is 0 Å². The lowest BCUT2D eigenvalue weighted by Crippen LogP contribution is -2.44. The molecule has 0 radical (unpaired) electrons. The number of morpholine rings is 1. The van der Waals surface area contributed by atoms with Crippen molar-refractivity contribution < 1.29 is 17.9 Å². The molecule has 0 aliphatic carbocycles. The summed E-state index contributed by atoms with van der Waals surface area (Å²) in [6.07, 6.45) is 0.374. The van der Waals surface area contributed by atoms with Crippen LogP contribution in [0.15, 0.2) is 64.9 Å². The third-order valence-corrected chi connectivity index (χ3v) is 7.31. The van der Waals surface area contributed by atoms with E-state index in [0.717, 1.165) is 18.8 Å². The highest BCUT2D eigenvalue weighted by molar-refractivity contribution is 7.92. The minimum Gasteiger partial charge on any atom is -0.373 e. The Morgan fingerprint density at radius 1 is 1.09 bits per heavy atom. The number of nitrogens with one attached hydrogen (secondary N) is 2. The van der Waals surface area contributed by atoms with Crippen LogP contribution in [-0.2, 0) is 21.3 Å². The first-order chi connectivity index (χ1) is 15.8. The molecule has 2 N–H and O–H groups in total. The largest absolute Gasteiger partial charge is 0.373 e. The number of carbonyl (C=O) groups is 1. The van der Waals surface area contributed by atoms with Crippen molar-refractivity contribution in [2.75, 3.05) is 23.1 Å². The molecule has 0 unspecified atom stereocenters. The molecule has 0 bridgehead atoms. The van der Waals surface area contributed by atoms with E-state index in [9.17, 15) is 13.2 Å². The van der Waals surface area contributed by atoms with E-state index in [1.165, 1.54) is 23.5 Å². The fourth-order valence-corrected chi connectivity index (χ4v) is 5.53. The topological polar surface area (TPSA) is 101 Å². The van der Waals surface area contributed by atoms with Crippen molar-refractivity contribution in [3.05, 3.63) is 71.2 Å². The number of benzene rings is 2. The number of nitrogens with zero attached hydrogens (tertiary/aromatic N) is 2. The van der Waals surface area contributed by atoms with Gasteiger partial charge in [0, 0.05) is 36.3 Å². The molecule has 1 aliphatic heterocycles. The number of aromatic nitrogens is 1. The van der Waals surface area contributed by atoms with Crippen LogP contribution in [-0.4, -0.2) is 49.5 Å². The molecule has 3 aromatic rings. The van der Waals surface area contributed by atoms with Gasteiger partial charge in [-0.1, -0.05) is 18.2 Å². The lowest BCUT2D eigenvalue weighted by Gasteiger charge is -2.34. The Kier molecular flexibility index (Phi) is 7.08. The van der Waals surface area contributed by atoms with Crippen LogP contribution in [0, 0.1) is 0 Å². The van der Waals surface area contributed by atoms with E-state index in [-0.39, 0.29) is 23.0 Å². The molecule has 1 saturated heterocycles. The normalized spacial score (nSPS) is 19.2. The lowest BCUT2D eigenvalue weighted by atomic mass is 10.2.